The number of aryl methyl sites for hydroxylation is 1. The predicted molar refractivity (Wildman–Crippen MR) is 127 cm³/mol. The Balaban J connectivity index is 1.58. The maximum Gasteiger partial charge on any atom is 0.263 e. The van der Waals surface area contributed by atoms with Crippen LogP contribution in [0.5, 0.6) is 0 Å². The van der Waals surface area contributed by atoms with Gasteiger partial charge in [-0.25, -0.2) is 4.98 Å². The van der Waals surface area contributed by atoms with Crippen LogP contribution in [-0.2, 0) is 30.1 Å². The minimum atomic E-state index is -0.0353. The molecule has 0 N–H and O–H groups in total. The Labute approximate surface area is 193 Å². The molecule has 8 heteroatoms. The summed E-state index contributed by atoms with van der Waals surface area (Å²) in [5.74, 6) is 1.50. The minimum absolute atomic E-state index is 0.0353. The van der Waals surface area contributed by atoms with Crippen molar-refractivity contribution in [3.8, 4) is 0 Å². The van der Waals surface area contributed by atoms with Crippen molar-refractivity contribution >= 4 is 39.2 Å². The van der Waals surface area contributed by atoms with E-state index in [-0.39, 0.29) is 11.5 Å². The summed E-state index contributed by atoms with van der Waals surface area (Å²) in [4.78, 5) is 34.1. The number of thiophene rings is 1. The normalized spacial score (nSPS) is 13.5. The average Bonchev–Trinajstić information content (AvgIpc) is 3.41. The number of carbonyl (C=O) groups excluding carboxylic acids is 1. The number of amides is 1. The largest absolute Gasteiger partial charge is 0.467 e. The van der Waals surface area contributed by atoms with E-state index < -0.39 is 0 Å². The summed E-state index contributed by atoms with van der Waals surface area (Å²) in [5, 5.41) is 1.38. The van der Waals surface area contributed by atoms with Gasteiger partial charge in [0.2, 0.25) is 5.91 Å². The fourth-order valence-corrected chi connectivity index (χ4v) is 6.30. The summed E-state index contributed by atoms with van der Waals surface area (Å²) >= 11 is 3.10. The Morgan fingerprint density at radius 1 is 1.28 bits per heavy atom. The molecule has 0 fully saturated rings. The predicted octanol–water partition coefficient (Wildman–Crippen LogP) is 4.60. The van der Waals surface area contributed by atoms with Gasteiger partial charge in [-0.05, 0) is 36.6 Å². The molecule has 0 atom stereocenters. The molecule has 0 unspecified atom stereocenters. The summed E-state index contributed by atoms with van der Waals surface area (Å²) < 4.78 is 7.26. The molecule has 0 spiro atoms. The zero-order valence-electron chi connectivity index (χ0n) is 18.0. The van der Waals surface area contributed by atoms with Gasteiger partial charge in [0.15, 0.2) is 5.16 Å². The number of benzene rings is 1. The van der Waals surface area contributed by atoms with Gasteiger partial charge in [-0.15, -0.1) is 11.3 Å². The second-order valence-corrected chi connectivity index (χ2v) is 10.0. The molecule has 5 rings (SSSR count). The molecule has 4 aromatic rings. The van der Waals surface area contributed by atoms with Crippen molar-refractivity contribution in [3.05, 3.63) is 80.3 Å². The van der Waals surface area contributed by atoms with E-state index in [1.165, 1.54) is 22.5 Å². The number of fused-ring (bicyclic) bond motifs is 3. The lowest BCUT2D eigenvalue weighted by atomic mass is 10.1. The first-order valence-electron chi connectivity index (χ1n) is 10.5. The highest BCUT2D eigenvalue weighted by Crippen LogP contribution is 2.34. The van der Waals surface area contributed by atoms with Crippen LogP contribution in [0.25, 0.3) is 10.2 Å². The Hall–Kier alpha value is -2.84. The van der Waals surface area contributed by atoms with Gasteiger partial charge < -0.3 is 9.32 Å². The van der Waals surface area contributed by atoms with Gasteiger partial charge in [0, 0.05) is 24.1 Å². The molecule has 4 heterocycles. The topological polar surface area (TPSA) is 68.3 Å². The van der Waals surface area contributed by atoms with Crippen LogP contribution in [0.2, 0.25) is 0 Å². The lowest BCUT2D eigenvalue weighted by molar-refractivity contribution is -0.129. The molecule has 0 saturated heterocycles. The quantitative estimate of drug-likeness (QED) is 0.318. The molecule has 0 aliphatic carbocycles. The standard InChI is InChI=1S/C24H23N3O3S2/c1-15-5-3-6-17(11-15)14-31-24-25-22-21(23(29)27(24)12-18-7-4-10-30-18)19-8-9-26(16(2)28)13-20(19)32-22/h3-7,10-11H,8-9,12-14H2,1-2H3. The summed E-state index contributed by atoms with van der Waals surface area (Å²) in [7, 11) is 0. The van der Waals surface area contributed by atoms with Gasteiger partial charge in [-0.2, -0.15) is 0 Å². The number of furan rings is 1. The molecule has 1 aliphatic heterocycles. The molecule has 6 nitrogen and oxygen atoms in total. The van der Waals surface area contributed by atoms with Crippen molar-refractivity contribution < 1.29 is 9.21 Å². The molecular weight excluding hydrogens is 442 g/mol. The number of thioether (sulfide) groups is 1. The number of carbonyl (C=O) groups is 1. The van der Waals surface area contributed by atoms with E-state index in [1.54, 1.807) is 29.5 Å². The zero-order chi connectivity index (χ0) is 22.2. The molecule has 1 amide bonds. The number of aromatic nitrogens is 2. The highest BCUT2D eigenvalue weighted by Gasteiger charge is 2.26. The van der Waals surface area contributed by atoms with Crippen LogP contribution >= 0.6 is 23.1 Å². The molecule has 1 aromatic carbocycles. The molecule has 0 radical (unpaired) electrons. The summed E-state index contributed by atoms with van der Waals surface area (Å²) in [6.07, 6.45) is 2.30. The highest BCUT2D eigenvalue weighted by atomic mass is 32.2. The molecular formula is C24H23N3O3S2. The first-order valence-corrected chi connectivity index (χ1v) is 12.3. The van der Waals surface area contributed by atoms with E-state index in [0.717, 1.165) is 26.8 Å². The Kier molecular flexibility index (Phi) is 5.65. The molecule has 3 aromatic heterocycles. The maximum absolute atomic E-state index is 13.7. The van der Waals surface area contributed by atoms with Crippen LogP contribution in [0.1, 0.15) is 34.3 Å². The van der Waals surface area contributed by atoms with E-state index >= 15 is 0 Å². The number of rotatable bonds is 5. The first kappa shape index (κ1) is 21.0. The summed E-state index contributed by atoms with van der Waals surface area (Å²) in [6.45, 7) is 5.19. The maximum atomic E-state index is 13.7. The molecule has 0 bridgehead atoms. The van der Waals surface area contributed by atoms with Crippen LogP contribution < -0.4 is 5.56 Å². The summed E-state index contributed by atoms with van der Waals surface area (Å²) in [5.41, 5.74) is 3.41. The zero-order valence-corrected chi connectivity index (χ0v) is 19.6. The number of nitrogens with zero attached hydrogens (tertiary/aromatic N) is 3. The van der Waals surface area contributed by atoms with Crippen molar-refractivity contribution in [1.29, 1.82) is 0 Å². The van der Waals surface area contributed by atoms with Gasteiger partial charge in [-0.3, -0.25) is 14.2 Å². The SMILES string of the molecule is CC(=O)N1CCc2c(sc3nc(SCc4cccc(C)c4)n(Cc4ccco4)c(=O)c23)C1. The second kappa shape index (κ2) is 8.60. The van der Waals surface area contributed by atoms with E-state index in [2.05, 4.69) is 25.1 Å². The third kappa shape index (κ3) is 4.00. The van der Waals surface area contributed by atoms with Crippen molar-refractivity contribution in [2.24, 2.45) is 0 Å². The van der Waals surface area contributed by atoms with Crippen molar-refractivity contribution in [2.75, 3.05) is 6.54 Å². The third-order valence-corrected chi connectivity index (χ3v) is 7.87. The van der Waals surface area contributed by atoms with Crippen LogP contribution in [0.4, 0.5) is 0 Å². The van der Waals surface area contributed by atoms with E-state index in [4.69, 9.17) is 9.40 Å². The monoisotopic (exact) mass is 465 g/mol. The fourth-order valence-electron chi connectivity index (χ4n) is 4.08. The smallest absolute Gasteiger partial charge is 0.263 e. The third-order valence-electron chi connectivity index (χ3n) is 5.72. The molecule has 164 valence electrons. The minimum Gasteiger partial charge on any atom is -0.467 e. The van der Waals surface area contributed by atoms with Crippen molar-refractivity contribution in [2.45, 2.75) is 44.3 Å². The Bertz CT molecular complexity index is 1360. The Morgan fingerprint density at radius 2 is 2.16 bits per heavy atom. The van der Waals surface area contributed by atoms with Gasteiger partial charge in [-0.1, -0.05) is 41.6 Å². The van der Waals surface area contributed by atoms with Crippen molar-refractivity contribution in [1.82, 2.24) is 14.5 Å². The number of hydrogen-bond donors (Lipinski definition) is 0. The van der Waals surface area contributed by atoms with E-state index in [0.29, 0.717) is 36.6 Å². The van der Waals surface area contributed by atoms with Gasteiger partial charge in [0.1, 0.15) is 10.6 Å². The first-order chi connectivity index (χ1) is 15.5. The lowest BCUT2D eigenvalue weighted by Crippen LogP contribution is -2.34. The highest BCUT2D eigenvalue weighted by molar-refractivity contribution is 7.98. The van der Waals surface area contributed by atoms with Gasteiger partial charge in [0.25, 0.3) is 5.56 Å². The van der Waals surface area contributed by atoms with Crippen LogP contribution in [0, 0.1) is 6.92 Å². The fraction of sp³-hybridized carbons (Fsp3) is 0.292. The molecule has 0 saturated carbocycles. The molecule has 1 aliphatic rings. The van der Waals surface area contributed by atoms with E-state index in [9.17, 15) is 9.59 Å². The van der Waals surface area contributed by atoms with Gasteiger partial charge >= 0.3 is 0 Å². The lowest BCUT2D eigenvalue weighted by Gasteiger charge is -2.25. The Morgan fingerprint density at radius 3 is 2.91 bits per heavy atom. The van der Waals surface area contributed by atoms with Crippen LogP contribution in [0.3, 0.4) is 0 Å². The number of hydrogen-bond acceptors (Lipinski definition) is 6. The molecule has 32 heavy (non-hydrogen) atoms. The van der Waals surface area contributed by atoms with Crippen molar-refractivity contribution in [3.63, 3.8) is 0 Å². The van der Waals surface area contributed by atoms with Crippen LogP contribution in [0.15, 0.2) is 57.0 Å². The average molecular weight is 466 g/mol. The van der Waals surface area contributed by atoms with Crippen LogP contribution in [-0.4, -0.2) is 26.9 Å². The van der Waals surface area contributed by atoms with Gasteiger partial charge in [0.05, 0.1) is 24.7 Å². The summed E-state index contributed by atoms with van der Waals surface area (Å²) in [6, 6.07) is 12.1. The van der Waals surface area contributed by atoms with E-state index in [1.807, 2.05) is 23.1 Å². The second-order valence-electron chi connectivity index (χ2n) is 8.02.